The molecule has 0 radical (unpaired) electrons. The lowest BCUT2D eigenvalue weighted by Gasteiger charge is -2.28. The van der Waals surface area contributed by atoms with Crippen LogP contribution >= 0.6 is 0 Å². The van der Waals surface area contributed by atoms with Gasteiger partial charge >= 0.3 is 0 Å². The van der Waals surface area contributed by atoms with Crippen molar-refractivity contribution in [3.8, 4) is 0 Å². The van der Waals surface area contributed by atoms with Crippen LogP contribution in [0.5, 0.6) is 0 Å². The minimum absolute atomic E-state index is 0.848. The van der Waals surface area contributed by atoms with Crippen molar-refractivity contribution in [3.05, 3.63) is 42.9 Å². The van der Waals surface area contributed by atoms with Gasteiger partial charge in [-0.25, -0.2) is 9.97 Å². The monoisotopic (exact) mass is 307 g/mol. The smallest absolute Gasteiger partial charge is 0.145 e. The Bertz CT molecular complexity index is 800. The fourth-order valence-electron chi connectivity index (χ4n) is 3.22. The van der Waals surface area contributed by atoms with Crippen LogP contribution in [0.4, 0.5) is 17.2 Å². The SMILES string of the molecule is Cn1ccc2c(Nc3ccc(N4CCCCC4)cc3)ncnc21. The van der Waals surface area contributed by atoms with Crippen LogP contribution in [0.25, 0.3) is 11.0 Å². The molecule has 2 aromatic heterocycles. The second-order valence-electron chi connectivity index (χ2n) is 6.11. The quantitative estimate of drug-likeness (QED) is 0.801. The van der Waals surface area contributed by atoms with E-state index in [4.69, 9.17) is 0 Å². The maximum Gasteiger partial charge on any atom is 0.145 e. The Morgan fingerprint density at radius 2 is 1.74 bits per heavy atom. The van der Waals surface area contributed by atoms with E-state index in [1.54, 1.807) is 6.33 Å². The summed E-state index contributed by atoms with van der Waals surface area (Å²) < 4.78 is 2.00. The standard InChI is InChI=1S/C18H21N5/c1-22-12-9-16-17(19-13-20-18(16)22)21-14-5-7-15(8-6-14)23-10-3-2-4-11-23/h5-9,12-13H,2-4,10-11H2,1H3,(H,19,20,21). The molecule has 1 fully saturated rings. The van der Waals surface area contributed by atoms with Gasteiger partial charge in [-0.1, -0.05) is 0 Å². The number of nitrogens with zero attached hydrogens (tertiary/aromatic N) is 4. The van der Waals surface area contributed by atoms with Crippen molar-refractivity contribution in [2.24, 2.45) is 7.05 Å². The summed E-state index contributed by atoms with van der Waals surface area (Å²) in [6, 6.07) is 10.7. The highest BCUT2D eigenvalue weighted by Crippen LogP contribution is 2.26. The van der Waals surface area contributed by atoms with Gasteiger partial charge in [0, 0.05) is 37.7 Å². The normalized spacial score (nSPS) is 15.1. The molecule has 0 bridgehead atoms. The van der Waals surface area contributed by atoms with Gasteiger partial charge in [0.1, 0.15) is 17.8 Å². The fourth-order valence-corrected chi connectivity index (χ4v) is 3.22. The van der Waals surface area contributed by atoms with Gasteiger partial charge in [0.05, 0.1) is 5.39 Å². The Kier molecular flexibility index (Phi) is 3.61. The summed E-state index contributed by atoms with van der Waals surface area (Å²) in [5.41, 5.74) is 3.30. The summed E-state index contributed by atoms with van der Waals surface area (Å²) >= 11 is 0. The first-order chi connectivity index (χ1) is 11.3. The van der Waals surface area contributed by atoms with E-state index in [0.717, 1.165) is 22.5 Å². The first kappa shape index (κ1) is 14.1. The van der Waals surface area contributed by atoms with E-state index in [2.05, 4.69) is 44.5 Å². The fraction of sp³-hybridized carbons (Fsp3) is 0.333. The highest BCUT2D eigenvalue weighted by Gasteiger charge is 2.11. The topological polar surface area (TPSA) is 46.0 Å². The van der Waals surface area contributed by atoms with Crippen molar-refractivity contribution < 1.29 is 0 Å². The van der Waals surface area contributed by atoms with E-state index in [9.17, 15) is 0 Å². The Morgan fingerprint density at radius 3 is 2.52 bits per heavy atom. The predicted octanol–water partition coefficient (Wildman–Crippen LogP) is 3.70. The molecule has 1 N–H and O–H groups in total. The van der Waals surface area contributed by atoms with Crippen molar-refractivity contribution in [2.75, 3.05) is 23.3 Å². The number of hydrogen-bond acceptors (Lipinski definition) is 4. The molecule has 0 amide bonds. The highest BCUT2D eigenvalue weighted by molar-refractivity contribution is 5.89. The molecule has 0 atom stereocenters. The average molecular weight is 307 g/mol. The number of aromatic nitrogens is 3. The average Bonchev–Trinajstić information content (AvgIpc) is 2.99. The van der Waals surface area contributed by atoms with Gasteiger partial charge < -0.3 is 14.8 Å². The molecule has 1 aliphatic rings. The molecule has 23 heavy (non-hydrogen) atoms. The Hall–Kier alpha value is -2.56. The second-order valence-corrected chi connectivity index (χ2v) is 6.11. The van der Waals surface area contributed by atoms with Crippen LogP contribution in [0.15, 0.2) is 42.9 Å². The van der Waals surface area contributed by atoms with Crippen LogP contribution in [0.3, 0.4) is 0 Å². The van der Waals surface area contributed by atoms with E-state index in [1.165, 1.54) is 38.0 Å². The molecule has 5 heteroatoms. The van der Waals surface area contributed by atoms with Crippen molar-refractivity contribution in [3.63, 3.8) is 0 Å². The minimum Gasteiger partial charge on any atom is -0.372 e. The van der Waals surface area contributed by atoms with Gasteiger partial charge in [-0.2, -0.15) is 0 Å². The first-order valence-electron chi connectivity index (χ1n) is 8.19. The summed E-state index contributed by atoms with van der Waals surface area (Å²) in [5, 5.41) is 4.44. The van der Waals surface area contributed by atoms with Gasteiger partial charge in [0.25, 0.3) is 0 Å². The van der Waals surface area contributed by atoms with E-state index in [0.29, 0.717) is 0 Å². The van der Waals surface area contributed by atoms with Crippen LogP contribution in [0.1, 0.15) is 19.3 Å². The molecule has 0 aliphatic carbocycles. The zero-order valence-corrected chi connectivity index (χ0v) is 13.4. The van der Waals surface area contributed by atoms with Crippen LogP contribution in [-0.4, -0.2) is 27.6 Å². The Morgan fingerprint density at radius 1 is 0.957 bits per heavy atom. The summed E-state index contributed by atoms with van der Waals surface area (Å²) in [7, 11) is 1.99. The molecule has 3 heterocycles. The van der Waals surface area contributed by atoms with Crippen LogP contribution in [-0.2, 0) is 7.05 Å². The molecule has 118 valence electrons. The maximum absolute atomic E-state index is 4.38. The summed E-state index contributed by atoms with van der Waals surface area (Å²) in [6.45, 7) is 2.34. The third kappa shape index (κ3) is 2.74. The van der Waals surface area contributed by atoms with Gasteiger partial charge in [-0.3, -0.25) is 0 Å². The van der Waals surface area contributed by atoms with Gasteiger partial charge in [-0.05, 0) is 49.6 Å². The lowest BCUT2D eigenvalue weighted by molar-refractivity contribution is 0.578. The number of nitrogens with one attached hydrogen (secondary N) is 1. The number of hydrogen-bond donors (Lipinski definition) is 1. The van der Waals surface area contributed by atoms with Crippen LogP contribution in [0, 0.1) is 0 Å². The van der Waals surface area contributed by atoms with Crippen molar-refractivity contribution in [2.45, 2.75) is 19.3 Å². The van der Waals surface area contributed by atoms with Gasteiger partial charge in [0.15, 0.2) is 0 Å². The zero-order valence-electron chi connectivity index (χ0n) is 13.4. The van der Waals surface area contributed by atoms with Crippen molar-refractivity contribution in [1.29, 1.82) is 0 Å². The molecular weight excluding hydrogens is 286 g/mol. The second kappa shape index (κ2) is 5.91. The summed E-state index contributed by atoms with van der Waals surface area (Å²) in [6.07, 6.45) is 7.56. The zero-order chi connectivity index (χ0) is 15.6. The first-order valence-corrected chi connectivity index (χ1v) is 8.19. The van der Waals surface area contributed by atoms with E-state index in [1.807, 2.05) is 23.9 Å². The number of rotatable bonds is 3. The molecular formula is C18H21N5. The predicted molar refractivity (Wildman–Crippen MR) is 94.3 cm³/mol. The molecule has 1 aliphatic heterocycles. The molecule has 0 saturated carbocycles. The maximum atomic E-state index is 4.38. The molecule has 3 aromatic rings. The molecule has 0 unspecified atom stereocenters. The third-order valence-electron chi connectivity index (χ3n) is 4.51. The summed E-state index contributed by atoms with van der Waals surface area (Å²) in [4.78, 5) is 11.2. The van der Waals surface area contributed by atoms with Gasteiger partial charge in [-0.15, -0.1) is 0 Å². The minimum atomic E-state index is 0.848. The van der Waals surface area contributed by atoms with Crippen LogP contribution < -0.4 is 10.2 Å². The summed E-state index contributed by atoms with van der Waals surface area (Å²) in [5.74, 6) is 0.848. The molecule has 4 rings (SSSR count). The molecule has 1 saturated heterocycles. The van der Waals surface area contributed by atoms with E-state index >= 15 is 0 Å². The van der Waals surface area contributed by atoms with E-state index in [-0.39, 0.29) is 0 Å². The highest BCUT2D eigenvalue weighted by atomic mass is 15.1. The Balaban J connectivity index is 1.56. The largest absolute Gasteiger partial charge is 0.372 e. The number of aryl methyl sites for hydroxylation is 1. The number of piperidine rings is 1. The van der Waals surface area contributed by atoms with Crippen molar-refractivity contribution >= 4 is 28.2 Å². The molecule has 5 nitrogen and oxygen atoms in total. The van der Waals surface area contributed by atoms with Gasteiger partial charge in [0.2, 0.25) is 0 Å². The lowest BCUT2D eigenvalue weighted by Crippen LogP contribution is -2.29. The lowest BCUT2D eigenvalue weighted by atomic mass is 10.1. The number of fused-ring (bicyclic) bond motifs is 1. The Labute approximate surface area is 136 Å². The molecule has 1 aromatic carbocycles. The molecule has 0 spiro atoms. The van der Waals surface area contributed by atoms with Crippen LogP contribution in [0.2, 0.25) is 0 Å². The van der Waals surface area contributed by atoms with E-state index < -0.39 is 0 Å². The van der Waals surface area contributed by atoms with Crippen molar-refractivity contribution in [1.82, 2.24) is 14.5 Å². The third-order valence-corrected chi connectivity index (χ3v) is 4.51. The number of anilines is 3. The number of benzene rings is 1.